The first-order chi connectivity index (χ1) is 6.31. The maximum atomic E-state index is 10.4. The van der Waals surface area contributed by atoms with Gasteiger partial charge in [-0.25, -0.2) is 0 Å². The van der Waals surface area contributed by atoms with Gasteiger partial charge >= 0.3 is 0 Å². The van der Waals surface area contributed by atoms with Gasteiger partial charge in [0.2, 0.25) is 5.75 Å². The third-order valence-corrected chi connectivity index (χ3v) is 1.50. The molecule has 0 saturated carbocycles. The van der Waals surface area contributed by atoms with Crippen LogP contribution in [0.2, 0.25) is 0 Å². The lowest BCUT2D eigenvalue weighted by Gasteiger charge is -2.06. The second-order valence-electron chi connectivity index (χ2n) is 2.28. The molecule has 0 aliphatic carbocycles. The van der Waals surface area contributed by atoms with Gasteiger partial charge in [0.1, 0.15) is 6.29 Å². The van der Waals surface area contributed by atoms with Gasteiger partial charge in [-0.3, -0.25) is 4.79 Å². The van der Waals surface area contributed by atoms with Crippen LogP contribution in [0.1, 0.15) is 10.4 Å². The van der Waals surface area contributed by atoms with Crippen molar-refractivity contribution in [1.82, 2.24) is 0 Å². The second kappa shape index (κ2) is 4.47. The lowest BCUT2D eigenvalue weighted by Crippen LogP contribution is -1.95. The van der Waals surface area contributed by atoms with E-state index in [0.717, 1.165) is 6.29 Å². The Labute approximate surface area is 76.0 Å². The van der Waals surface area contributed by atoms with E-state index in [4.69, 9.17) is 9.62 Å². The van der Waals surface area contributed by atoms with E-state index < -0.39 is 0 Å². The van der Waals surface area contributed by atoms with Crippen molar-refractivity contribution in [1.29, 1.82) is 0 Å². The molecular formula is C9H10O4. The van der Waals surface area contributed by atoms with Gasteiger partial charge in [-0.05, 0) is 18.2 Å². The van der Waals surface area contributed by atoms with Crippen LogP contribution in [-0.2, 0) is 4.89 Å². The number of aldehydes is 1. The molecule has 4 heteroatoms. The minimum atomic E-state index is 0.440. The Morgan fingerprint density at radius 1 is 1.23 bits per heavy atom. The van der Waals surface area contributed by atoms with E-state index in [2.05, 4.69) is 4.89 Å². The molecular weight excluding hydrogens is 172 g/mol. The van der Waals surface area contributed by atoms with Gasteiger partial charge in [-0.15, -0.1) is 0 Å². The molecule has 0 radical (unpaired) electrons. The number of ether oxygens (including phenoxy) is 1. The lowest BCUT2D eigenvalue weighted by atomic mass is 10.2. The zero-order valence-electron chi connectivity index (χ0n) is 7.44. The van der Waals surface area contributed by atoms with E-state index in [-0.39, 0.29) is 0 Å². The first-order valence-electron chi connectivity index (χ1n) is 3.65. The number of carbonyl (C=O) groups is 1. The number of rotatable bonds is 4. The van der Waals surface area contributed by atoms with E-state index in [1.165, 1.54) is 14.2 Å². The molecule has 70 valence electrons. The fourth-order valence-corrected chi connectivity index (χ4v) is 0.916. The molecule has 0 amide bonds. The Bertz CT molecular complexity index is 296. The monoisotopic (exact) mass is 182 g/mol. The Kier molecular flexibility index (Phi) is 3.28. The molecule has 0 atom stereocenters. The number of methoxy groups -OCH3 is 1. The summed E-state index contributed by atoms with van der Waals surface area (Å²) in [6.07, 6.45) is 0.735. The molecule has 1 rings (SSSR count). The van der Waals surface area contributed by atoms with Crippen LogP contribution in [0.4, 0.5) is 0 Å². The van der Waals surface area contributed by atoms with Crippen LogP contribution >= 0.6 is 0 Å². The smallest absolute Gasteiger partial charge is 0.207 e. The summed E-state index contributed by atoms with van der Waals surface area (Å²) in [5.74, 6) is 0.905. The summed E-state index contributed by atoms with van der Waals surface area (Å²) in [7, 11) is 2.89. The molecule has 4 nitrogen and oxygen atoms in total. The maximum absolute atomic E-state index is 10.4. The van der Waals surface area contributed by atoms with Gasteiger partial charge < -0.3 is 9.62 Å². The van der Waals surface area contributed by atoms with Crippen LogP contribution in [0, 0.1) is 0 Å². The van der Waals surface area contributed by atoms with E-state index in [1.54, 1.807) is 18.2 Å². The molecule has 0 N–H and O–H groups in total. The van der Waals surface area contributed by atoms with Crippen molar-refractivity contribution < 1.29 is 19.3 Å². The zero-order chi connectivity index (χ0) is 9.68. The standard InChI is InChI=1S/C9H10O4/c1-11-9-5-7(6-10)3-4-8(9)13-12-2/h3-6H,1-2H3. The topological polar surface area (TPSA) is 44.8 Å². The van der Waals surface area contributed by atoms with Gasteiger partial charge in [0.15, 0.2) is 5.75 Å². The van der Waals surface area contributed by atoms with Crippen LogP contribution < -0.4 is 9.62 Å². The van der Waals surface area contributed by atoms with Gasteiger partial charge in [-0.2, -0.15) is 4.89 Å². The summed E-state index contributed by atoms with van der Waals surface area (Å²) in [5.41, 5.74) is 0.528. The fourth-order valence-electron chi connectivity index (χ4n) is 0.916. The Morgan fingerprint density at radius 2 is 2.00 bits per heavy atom. The van der Waals surface area contributed by atoms with Crippen molar-refractivity contribution in [3.8, 4) is 11.5 Å². The van der Waals surface area contributed by atoms with Crippen molar-refractivity contribution in [2.75, 3.05) is 14.2 Å². The summed E-state index contributed by atoms with van der Waals surface area (Å²) in [6, 6.07) is 4.79. The minimum Gasteiger partial charge on any atom is -0.493 e. The summed E-state index contributed by atoms with van der Waals surface area (Å²) < 4.78 is 4.98. The first kappa shape index (κ1) is 9.54. The van der Waals surface area contributed by atoms with Crippen LogP contribution in [0.5, 0.6) is 11.5 Å². The van der Waals surface area contributed by atoms with E-state index >= 15 is 0 Å². The van der Waals surface area contributed by atoms with Crippen molar-refractivity contribution in [2.45, 2.75) is 0 Å². The third kappa shape index (κ3) is 2.19. The minimum absolute atomic E-state index is 0.440. The summed E-state index contributed by atoms with van der Waals surface area (Å²) in [4.78, 5) is 19.7. The van der Waals surface area contributed by atoms with Crippen LogP contribution in [0.15, 0.2) is 18.2 Å². The Hall–Kier alpha value is -1.55. The average Bonchev–Trinajstić information content (AvgIpc) is 2.19. The molecule has 1 aromatic rings. The third-order valence-electron chi connectivity index (χ3n) is 1.50. The van der Waals surface area contributed by atoms with Crippen molar-refractivity contribution >= 4 is 6.29 Å². The lowest BCUT2D eigenvalue weighted by molar-refractivity contribution is -0.179. The number of hydrogen-bond acceptors (Lipinski definition) is 4. The highest BCUT2D eigenvalue weighted by Crippen LogP contribution is 2.27. The van der Waals surface area contributed by atoms with E-state index in [1.807, 2.05) is 0 Å². The molecule has 0 unspecified atom stereocenters. The second-order valence-corrected chi connectivity index (χ2v) is 2.28. The van der Waals surface area contributed by atoms with Crippen LogP contribution in [0.25, 0.3) is 0 Å². The normalized spacial score (nSPS) is 9.38. The van der Waals surface area contributed by atoms with Crippen LogP contribution in [0.3, 0.4) is 0 Å². The molecule has 13 heavy (non-hydrogen) atoms. The molecule has 0 bridgehead atoms. The predicted octanol–water partition coefficient (Wildman–Crippen LogP) is 1.45. The largest absolute Gasteiger partial charge is 0.493 e. The van der Waals surface area contributed by atoms with E-state index in [0.29, 0.717) is 17.1 Å². The summed E-state index contributed by atoms with van der Waals surface area (Å²) in [5, 5.41) is 0. The summed E-state index contributed by atoms with van der Waals surface area (Å²) in [6.45, 7) is 0. The molecule has 0 aromatic heterocycles. The van der Waals surface area contributed by atoms with Crippen molar-refractivity contribution in [3.05, 3.63) is 23.8 Å². The maximum Gasteiger partial charge on any atom is 0.207 e. The Balaban J connectivity index is 3.00. The fraction of sp³-hybridized carbons (Fsp3) is 0.222. The van der Waals surface area contributed by atoms with Gasteiger partial charge in [0, 0.05) is 5.56 Å². The molecule has 1 aromatic carbocycles. The molecule has 0 heterocycles. The van der Waals surface area contributed by atoms with E-state index in [9.17, 15) is 4.79 Å². The van der Waals surface area contributed by atoms with Crippen molar-refractivity contribution in [2.24, 2.45) is 0 Å². The highest BCUT2D eigenvalue weighted by atomic mass is 17.2. The number of carbonyl (C=O) groups excluding carboxylic acids is 1. The van der Waals surface area contributed by atoms with Gasteiger partial charge in [-0.1, -0.05) is 0 Å². The number of benzene rings is 1. The molecule has 0 aliphatic rings. The van der Waals surface area contributed by atoms with Crippen molar-refractivity contribution in [3.63, 3.8) is 0 Å². The predicted molar refractivity (Wildman–Crippen MR) is 46.0 cm³/mol. The molecule has 0 fully saturated rings. The quantitative estimate of drug-likeness (QED) is 0.401. The Morgan fingerprint density at radius 3 is 2.54 bits per heavy atom. The zero-order valence-corrected chi connectivity index (χ0v) is 7.44. The highest BCUT2D eigenvalue weighted by molar-refractivity contribution is 5.76. The summed E-state index contributed by atoms with van der Waals surface area (Å²) >= 11 is 0. The first-order valence-corrected chi connectivity index (χ1v) is 3.65. The molecule has 0 spiro atoms. The SMILES string of the molecule is COOc1ccc(C=O)cc1OC. The van der Waals surface area contributed by atoms with Gasteiger partial charge in [0.25, 0.3) is 0 Å². The molecule has 0 saturated heterocycles. The average molecular weight is 182 g/mol. The van der Waals surface area contributed by atoms with Gasteiger partial charge in [0.05, 0.1) is 14.2 Å². The highest BCUT2D eigenvalue weighted by Gasteiger charge is 2.05. The number of hydrogen-bond donors (Lipinski definition) is 0. The van der Waals surface area contributed by atoms with Crippen LogP contribution in [-0.4, -0.2) is 20.5 Å². The molecule has 0 aliphatic heterocycles.